The smallest absolute Gasteiger partial charge is 0.166 e. The summed E-state index contributed by atoms with van der Waals surface area (Å²) in [5.41, 5.74) is 0. The van der Waals surface area contributed by atoms with Gasteiger partial charge >= 0.3 is 0 Å². The van der Waals surface area contributed by atoms with Crippen LogP contribution in [0.25, 0.3) is 0 Å². The first-order chi connectivity index (χ1) is 8.34. The monoisotopic (exact) mass is 253 g/mol. The largest absolute Gasteiger partial charge is 0.362 e. The Morgan fingerprint density at radius 3 is 2.94 bits per heavy atom. The molecule has 1 fully saturated rings. The second-order valence-electron chi connectivity index (χ2n) is 4.42. The molecule has 1 aliphatic rings. The average Bonchev–Trinajstić information content (AvgIpc) is 2.83. The molecule has 0 amide bonds. The van der Waals surface area contributed by atoms with Crippen LogP contribution in [-0.4, -0.2) is 32.9 Å². The highest BCUT2D eigenvalue weighted by Crippen LogP contribution is 2.17. The summed E-state index contributed by atoms with van der Waals surface area (Å²) in [5, 5.41) is 14.0. The topological polar surface area (TPSA) is 65.6 Å². The lowest BCUT2D eigenvalue weighted by Gasteiger charge is -2.24. The van der Waals surface area contributed by atoms with E-state index in [1.165, 1.54) is 38.4 Å². The van der Waals surface area contributed by atoms with Crippen molar-refractivity contribution in [3.05, 3.63) is 12.2 Å². The molecule has 17 heavy (non-hydrogen) atoms. The molecule has 0 radical (unpaired) electrons. The molecule has 94 valence electrons. The Morgan fingerprint density at radius 1 is 1.41 bits per heavy atom. The predicted octanol–water partition coefficient (Wildman–Crippen LogP) is 1.14. The van der Waals surface area contributed by atoms with E-state index in [0.717, 1.165) is 23.9 Å². The summed E-state index contributed by atoms with van der Waals surface area (Å²) in [6, 6.07) is 0.564. The Kier molecular flexibility index (Phi) is 4.73. The van der Waals surface area contributed by atoms with Gasteiger partial charge in [-0.1, -0.05) is 19.3 Å². The maximum atomic E-state index is 5.26. The van der Waals surface area contributed by atoms with Gasteiger partial charge < -0.3 is 10.6 Å². The number of H-pyrrole nitrogens is 1. The number of rotatable bonds is 4. The maximum absolute atomic E-state index is 5.26. The molecule has 1 saturated carbocycles. The van der Waals surface area contributed by atoms with Crippen LogP contribution in [0.4, 0.5) is 0 Å². The summed E-state index contributed by atoms with van der Waals surface area (Å²) in [5.74, 6) is 0.887. The van der Waals surface area contributed by atoms with Crippen molar-refractivity contribution in [2.24, 2.45) is 0 Å². The molecule has 1 aromatic heterocycles. The number of hydrogen-bond donors (Lipinski definition) is 3. The van der Waals surface area contributed by atoms with Crippen molar-refractivity contribution >= 4 is 17.3 Å². The average molecular weight is 253 g/mol. The van der Waals surface area contributed by atoms with Crippen molar-refractivity contribution in [1.29, 1.82) is 0 Å². The van der Waals surface area contributed by atoms with Crippen LogP contribution in [0.15, 0.2) is 6.33 Å². The van der Waals surface area contributed by atoms with Gasteiger partial charge in [-0.2, -0.15) is 5.10 Å². The van der Waals surface area contributed by atoms with Crippen molar-refractivity contribution in [1.82, 2.24) is 25.8 Å². The summed E-state index contributed by atoms with van der Waals surface area (Å²) in [6.45, 7) is 0.785. The minimum Gasteiger partial charge on any atom is -0.362 e. The van der Waals surface area contributed by atoms with E-state index in [2.05, 4.69) is 25.8 Å². The van der Waals surface area contributed by atoms with E-state index in [4.69, 9.17) is 12.2 Å². The lowest BCUT2D eigenvalue weighted by Crippen LogP contribution is -2.43. The zero-order valence-corrected chi connectivity index (χ0v) is 10.7. The van der Waals surface area contributed by atoms with Gasteiger partial charge in [-0.15, -0.1) is 0 Å². The molecule has 0 saturated heterocycles. The van der Waals surface area contributed by atoms with Crippen LogP contribution >= 0.6 is 12.2 Å². The van der Waals surface area contributed by atoms with Crippen molar-refractivity contribution < 1.29 is 0 Å². The van der Waals surface area contributed by atoms with Crippen molar-refractivity contribution in [2.45, 2.75) is 44.6 Å². The quantitative estimate of drug-likeness (QED) is 0.702. The lowest BCUT2D eigenvalue weighted by molar-refractivity contribution is 0.412. The minimum atomic E-state index is 0.564. The molecule has 0 aliphatic heterocycles. The Hall–Kier alpha value is -1.17. The van der Waals surface area contributed by atoms with Gasteiger partial charge in [0.25, 0.3) is 0 Å². The molecule has 0 atom stereocenters. The molecule has 1 heterocycles. The van der Waals surface area contributed by atoms with E-state index < -0.39 is 0 Å². The molecule has 5 nitrogen and oxygen atoms in total. The highest BCUT2D eigenvalue weighted by molar-refractivity contribution is 7.80. The van der Waals surface area contributed by atoms with Crippen LogP contribution in [0.1, 0.15) is 37.9 Å². The number of aromatic nitrogens is 3. The minimum absolute atomic E-state index is 0.564. The Balaban J connectivity index is 1.60. The summed E-state index contributed by atoms with van der Waals surface area (Å²) < 4.78 is 0. The van der Waals surface area contributed by atoms with Crippen LogP contribution in [0.5, 0.6) is 0 Å². The lowest BCUT2D eigenvalue weighted by atomic mass is 9.96. The van der Waals surface area contributed by atoms with Gasteiger partial charge in [-0.3, -0.25) is 5.10 Å². The number of nitrogens with zero attached hydrogens (tertiary/aromatic N) is 2. The van der Waals surface area contributed by atoms with Crippen LogP contribution in [0, 0.1) is 0 Å². The first-order valence-electron chi connectivity index (χ1n) is 6.23. The highest BCUT2D eigenvalue weighted by Gasteiger charge is 2.13. The number of thiocarbonyl (C=S) groups is 1. The van der Waals surface area contributed by atoms with E-state index in [9.17, 15) is 0 Å². The van der Waals surface area contributed by atoms with Crippen LogP contribution in [0.2, 0.25) is 0 Å². The fourth-order valence-corrected chi connectivity index (χ4v) is 2.40. The molecule has 2 rings (SSSR count). The zero-order valence-electron chi connectivity index (χ0n) is 9.91. The van der Waals surface area contributed by atoms with Gasteiger partial charge in [0.1, 0.15) is 12.2 Å². The standard InChI is InChI=1S/C11H19N5S/c17-11(15-9-4-2-1-3-5-9)12-7-6-10-13-8-14-16-10/h8-9H,1-7H2,(H2,12,15,17)(H,13,14,16). The number of hydrogen-bond acceptors (Lipinski definition) is 3. The Morgan fingerprint density at radius 2 is 2.24 bits per heavy atom. The molecule has 0 aromatic carbocycles. The van der Waals surface area contributed by atoms with Gasteiger partial charge in [0.15, 0.2) is 5.11 Å². The van der Waals surface area contributed by atoms with Crippen LogP contribution < -0.4 is 10.6 Å². The van der Waals surface area contributed by atoms with Gasteiger partial charge in [0.05, 0.1) is 0 Å². The zero-order chi connectivity index (χ0) is 11.9. The summed E-state index contributed by atoms with van der Waals surface area (Å²) >= 11 is 5.26. The number of nitrogens with one attached hydrogen (secondary N) is 3. The third kappa shape index (κ3) is 4.30. The molecule has 6 heteroatoms. The predicted molar refractivity (Wildman–Crippen MR) is 70.7 cm³/mol. The van der Waals surface area contributed by atoms with Crippen molar-refractivity contribution in [3.63, 3.8) is 0 Å². The summed E-state index contributed by atoms with van der Waals surface area (Å²) in [6.07, 6.45) is 8.81. The molecule has 0 spiro atoms. The SMILES string of the molecule is S=C(NCCc1ncn[nH]1)NC1CCCCC1. The summed E-state index contributed by atoms with van der Waals surface area (Å²) in [7, 11) is 0. The molecule has 1 aliphatic carbocycles. The van der Waals surface area contributed by atoms with E-state index >= 15 is 0 Å². The van der Waals surface area contributed by atoms with E-state index in [0.29, 0.717) is 6.04 Å². The second kappa shape index (κ2) is 6.54. The maximum Gasteiger partial charge on any atom is 0.166 e. The molecular formula is C11H19N5S. The first kappa shape index (κ1) is 12.3. The molecule has 1 aromatic rings. The first-order valence-corrected chi connectivity index (χ1v) is 6.64. The van der Waals surface area contributed by atoms with E-state index in [1.54, 1.807) is 0 Å². The fraction of sp³-hybridized carbons (Fsp3) is 0.727. The van der Waals surface area contributed by atoms with Crippen molar-refractivity contribution in [2.75, 3.05) is 6.54 Å². The molecular weight excluding hydrogens is 234 g/mol. The molecule has 0 bridgehead atoms. The number of aromatic amines is 1. The van der Waals surface area contributed by atoms with Crippen molar-refractivity contribution in [3.8, 4) is 0 Å². The van der Waals surface area contributed by atoms with Gasteiger partial charge in [-0.25, -0.2) is 4.98 Å². The fourth-order valence-electron chi connectivity index (χ4n) is 2.13. The Bertz CT molecular complexity index is 332. The van der Waals surface area contributed by atoms with E-state index in [-0.39, 0.29) is 0 Å². The molecule has 3 N–H and O–H groups in total. The third-order valence-electron chi connectivity index (χ3n) is 3.05. The van der Waals surface area contributed by atoms with Crippen LogP contribution in [0.3, 0.4) is 0 Å². The third-order valence-corrected chi connectivity index (χ3v) is 3.31. The van der Waals surface area contributed by atoms with Crippen LogP contribution in [-0.2, 0) is 6.42 Å². The van der Waals surface area contributed by atoms with E-state index in [1.807, 2.05) is 0 Å². The van der Waals surface area contributed by atoms with Gasteiger partial charge in [0, 0.05) is 19.0 Å². The Labute approximate surface area is 107 Å². The second-order valence-corrected chi connectivity index (χ2v) is 4.83. The summed E-state index contributed by atoms with van der Waals surface area (Å²) in [4.78, 5) is 4.06. The van der Waals surface area contributed by atoms with Gasteiger partial charge in [0.2, 0.25) is 0 Å². The molecule has 0 unspecified atom stereocenters. The highest BCUT2D eigenvalue weighted by atomic mass is 32.1. The normalized spacial score (nSPS) is 16.7. The van der Waals surface area contributed by atoms with Gasteiger partial charge in [-0.05, 0) is 25.1 Å².